The summed E-state index contributed by atoms with van der Waals surface area (Å²) < 4.78 is 5.17. The van der Waals surface area contributed by atoms with E-state index in [1.165, 1.54) is 11.1 Å². The molecule has 0 aliphatic carbocycles. The van der Waals surface area contributed by atoms with Crippen LogP contribution in [0.1, 0.15) is 5.56 Å². The summed E-state index contributed by atoms with van der Waals surface area (Å²) in [7, 11) is 0. The molecule has 1 aliphatic rings. The number of rotatable bonds is 3. The van der Waals surface area contributed by atoms with Gasteiger partial charge in [0, 0.05) is 0 Å². The first-order chi connectivity index (χ1) is 8.84. The minimum absolute atomic E-state index is 0.408. The van der Waals surface area contributed by atoms with Gasteiger partial charge in [-0.3, -0.25) is 0 Å². The average Bonchev–Trinajstić information content (AvgIpc) is 2.40. The second kappa shape index (κ2) is 4.39. The number of hydrogen-bond donors (Lipinski definition) is 0. The number of ether oxygens (including phenoxy) is 1. The van der Waals surface area contributed by atoms with Crippen molar-refractivity contribution in [1.82, 2.24) is 0 Å². The molecular formula is C16H14O2. The summed E-state index contributed by atoms with van der Waals surface area (Å²) in [5.41, 5.74) is 2.99. The Hall–Kier alpha value is -1.93. The first kappa shape index (κ1) is 11.2. The standard InChI is InChI=1S/C16H14O2/c17-10-16(11-18-12-16)15-8-6-14(7-9-15)13-4-2-1-3-5-13/h1-10H,11-12H2. The largest absolute Gasteiger partial charge is 0.379 e. The molecule has 18 heavy (non-hydrogen) atoms. The highest BCUT2D eigenvalue weighted by Gasteiger charge is 2.40. The van der Waals surface area contributed by atoms with Gasteiger partial charge in [-0.25, -0.2) is 0 Å². The van der Waals surface area contributed by atoms with Crippen LogP contribution in [-0.2, 0) is 14.9 Å². The zero-order valence-corrected chi connectivity index (χ0v) is 10.0. The molecule has 0 atom stereocenters. The van der Waals surface area contributed by atoms with Crippen LogP contribution in [0.2, 0.25) is 0 Å². The van der Waals surface area contributed by atoms with Gasteiger partial charge in [0.05, 0.1) is 18.6 Å². The fourth-order valence-electron chi connectivity index (χ4n) is 2.25. The monoisotopic (exact) mass is 238 g/mol. The molecule has 0 radical (unpaired) electrons. The maximum absolute atomic E-state index is 11.2. The third-order valence-corrected chi connectivity index (χ3v) is 3.51. The van der Waals surface area contributed by atoms with Gasteiger partial charge in [-0.15, -0.1) is 0 Å². The molecule has 1 fully saturated rings. The van der Waals surface area contributed by atoms with Crippen molar-refractivity contribution in [2.45, 2.75) is 5.41 Å². The van der Waals surface area contributed by atoms with E-state index in [0.717, 1.165) is 11.8 Å². The van der Waals surface area contributed by atoms with Crippen molar-refractivity contribution in [3.63, 3.8) is 0 Å². The second-order valence-electron chi connectivity index (χ2n) is 4.71. The Morgan fingerprint density at radius 3 is 2.00 bits per heavy atom. The third kappa shape index (κ3) is 1.75. The topological polar surface area (TPSA) is 26.3 Å². The van der Waals surface area contributed by atoms with Crippen LogP contribution >= 0.6 is 0 Å². The maximum atomic E-state index is 11.2. The Morgan fingerprint density at radius 2 is 1.50 bits per heavy atom. The summed E-state index contributed by atoms with van der Waals surface area (Å²) in [6.45, 7) is 1.00. The van der Waals surface area contributed by atoms with Crippen LogP contribution in [0.15, 0.2) is 54.6 Å². The molecule has 1 saturated heterocycles. The maximum Gasteiger partial charge on any atom is 0.135 e. The molecule has 0 spiro atoms. The van der Waals surface area contributed by atoms with E-state index in [4.69, 9.17) is 4.74 Å². The van der Waals surface area contributed by atoms with Gasteiger partial charge in [-0.1, -0.05) is 54.6 Å². The van der Waals surface area contributed by atoms with E-state index in [-0.39, 0.29) is 0 Å². The highest BCUT2D eigenvalue weighted by Crippen LogP contribution is 2.31. The van der Waals surface area contributed by atoms with Crippen LogP contribution in [0.3, 0.4) is 0 Å². The van der Waals surface area contributed by atoms with Crippen LogP contribution in [0, 0.1) is 0 Å². The first-order valence-corrected chi connectivity index (χ1v) is 6.04. The summed E-state index contributed by atoms with van der Waals surface area (Å²) in [6, 6.07) is 18.4. The Kier molecular flexibility index (Phi) is 2.73. The van der Waals surface area contributed by atoms with Gasteiger partial charge in [-0.05, 0) is 16.7 Å². The molecule has 0 unspecified atom stereocenters. The molecule has 0 bridgehead atoms. The SMILES string of the molecule is O=CC1(c2ccc(-c3ccccc3)cc2)COC1. The molecule has 2 nitrogen and oxygen atoms in total. The highest BCUT2D eigenvalue weighted by molar-refractivity contribution is 5.72. The summed E-state index contributed by atoms with van der Waals surface area (Å²) in [6.07, 6.45) is 1.01. The van der Waals surface area contributed by atoms with Crippen LogP contribution in [0.4, 0.5) is 0 Å². The number of hydrogen-bond acceptors (Lipinski definition) is 2. The summed E-state index contributed by atoms with van der Waals surface area (Å²) in [4.78, 5) is 11.2. The van der Waals surface area contributed by atoms with Crippen LogP contribution < -0.4 is 0 Å². The molecular weight excluding hydrogens is 224 g/mol. The van der Waals surface area contributed by atoms with E-state index in [1.54, 1.807) is 0 Å². The first-order valence-electron chi connectivity index (χ1n) is 6.04. The zero-order chi connectivity index (χ0) is 12.4. The molecule has 3 rings (SSSR count). The Morgan fingerprint density at radius 1 is 0.889 bits per heavy atom. The minimum Gasteiger partial charge on any atom is -0.379 e. The lowest BCUT2D eigenvalue weighted by atomic mass is 9.80. The van der Waals surface area contributed by atoms with Crippen molar-refractivity contribution in [3.8, 4) is 11.1 Å². The molecule has 0 saturated carbocycles. The summed E-state index contributed by atoms with van der Waals surface area (Å²) in [5, 5.41) is 0. The van der Waals surface area contributed by atoms with Crippen molar-refractivity contribution < 1.29 is 9.53 Å². The normalized spacial score (nSPS) is 16.9. The van der Waals surface area contributed by atoms with Gasteiger partial charge in [0.15, 0.2) is 0 Å². The van der Waals surface area contributed by atoms with E-state index in [2.05, 4.69) is 24.3 Å². The van der Waals surface area contributed by atoms with Gasteiger partial charge in [0.2, 0.25) is 0 Å². The molecule has 2 aromatic rings. The lowest BCUT2D eigenvalue weighted by Crippen LogP contribution is -2.48. The number of aldehydes is 1. The Labute approximate surface area is 106 Å². The summed E-state index contributed by atoms with van der Waals surface area (Å²) >= 11 is 0. The highest BCUT2D eigenvalue weighted by atomic mass is 16.5. The van der Waals surface area contributed by atoms with Gasteiger partial charge in [-0.2, -0.15) is 0 Å². The van der Waals surface area contributed by atoms with E-state index in [1.807, 2.05) is 30.3 Å². The molecule has 2 aromatic carbocycles. The number of carbonyl (C=O) groups excluding carboxylic acids is 1. The van der Waals surface area contributed by atoms with E-state index < -0.39 is 5.41 Å². The minimum atomic E-state index is -0.408. The van der Waals surface area contributed by atoms with E-state index >= 15 is 0 Å². The van der Waals surface area contributed by atoms with Crippen molar-refractivity contribution >= 4 is 6.29 Å². The lowest BCUT2D eigenvalue weighted by molar-refractivity contribution is -0.129. The Balaban J connectivity index is 1.92. The summed E-state index contributed by atoms with van der Waals surface area (Å²) in [5.74, 6) is 0. The van der Waals surface area contributed by atoms with Gasteiger partial charge in [0.1, 0.15) is 6.29 Å². The van der Waals surface area contributed by atoms with Crippen molar-refractivity contribution in [3.05, 3.63) is 60.2 Å². The average molecular weight is 238 g/mol. The predicted molar refractivity (Wildman–Crippen MR) is 70.4 cm³/mol. The predicted octanol–water partition coefficient (Wildman–Crippen LogP) is 2.82. The second-order valence-corrected chi connectivity index (χ2v) is 4.71. The van der Waals surface area contributed by atoms with Crippen LogP contribution in [0.25, 0.3) is 11.1 Å². The third-order valence-electron chi connectivity index (χ3n) is 3.51. The molecule has 0 N–H and O–H groups in total. The van der Waals surface area contributed by atoms with Crippen LogP contribution in [-0.4, -0.2) is 19.5 Å². The zero-order valence-electron chi connectivity index (χ0n) is 10.0. The fraction of sp³-hybridized carbons (Fsp3) is 0.188. The van der Waals surface area contributed by atoms with Gasteiger partial charge >= 0.3 is 0 Å². The molecule has 90 valence electrons. The van der Waals surface area contributed by atoms with Crippen molar-refractivity contribution in [1.29, 1.82) is 0 Å². The lowest BCUT2D eigenvalue weighted by Gasteiger charge is -2.36. The number of carbonyl (C=O) groups is 1. The van der Waals surface area contributed by atoms with E-state index in [9.17, 15) is 4.79 Å². The fourth-order valence-corrected chi connectivity index (χ4v) is 2.25. The number of benzene rings is 2. The molecule has 0 aromatic heterocycles. The molecule has 2 heteroatoms. The smallest absolute Gasteiger partial charge is 0.135 e. The van der Waals surface area contributed by atoms with Crippen molar-refractivity contribution in [2.75, 3.05) is 13.2 Å². The van der Waals surface area contributed by atoms with Crippen LogP contribution in [0.5, 0.6) is 0 Å². The molecule has 1 heterocycles. The quantitative estimate of drug-likeness (QED) is 0.769. The Bertz CT molecular complexity index is 539. The van der Waals surface area contributed by atoms with Crippen molar-refractivity contribution in [2.24, 2.45) is 0 Å². The van der Waals surface area contributed by atoms with Gasteiger partial charge < -0.3 is 9.53 Å². The molecule has 1 aliphatic heterocycles. The van der Waals surface area contributed by atoms with E-state index in [0.29, 0.717) is 13.2 Å². The molecule has 0 amide bonds. The van der Waals surface area contributed by atoms with Gasteiger partial charge in [0.25, 0.3) is 0 Å².